The van der Waals surface area contributed by atoms with Crippen molar-refractivity contribution in [3.05, 3.63) is 28.8 Å². The third-order valence-corrected chi connectivity index (χ3v) is 2.88. The minimum atomic E-state index is -4.88. The van der Waals surface area contributed by atoms with Gasteiger partial charge in [-0.25, -0.2) is 0 Å². The molecule has 0 aliphatic rings. The van der Waals surface area contributed by atoms with Gasteiger partial charge in [0.25, 0.3) is 10.1 Å². The Kier molecular flexibility index (Phi) is 3.04. The minimum absolute atomic E-state index is 0.236. The molecule has 90 valence electrons. The predicted molar refractivity (Wildman–Crippen MR) is 50.7 cm³/mol. The molecule has 0 amide bonds. The lowest BCUT2D eigenvalue weighted by Crippen LogP contribution is -2.15. The van der Waals surface area contributed by atoms with Crippen LogP contribution in [0.3, 0.4) is 0 Å². The van der Waals surface area contributed by atoms with E-state index in [1.54, 1.807) is 0 Å². The van der Waals surface area contributed by atoms with Crippen molar-refractivity contribution in [2.45, 2.75) is 24.9 Å². The summed E-state index contributed by atoms with van der Waals surface area (Å²) in [6.45, 7) is 2.59. The fraction of sp³-hybridized carbons (Fsp3) is 0.333. The van der Waals surface area contributed by atoms with Gasteiger partial charge in [0.2, 0.25) is 0 Å². The van der Waals surface area contributed by atoms with Gasteiger partial charge in [-0.3, -0.25) is 4.55 Å². The van der Waals surface area contributed by atoms with Gasteiger partial charge in [-0.15, -0.1) is 0 Å². The van der Waals surface area contributed by atoms with Gasteiger partial charge in [0.05, 0.1) is 5.56 Å². The number of rotatable bonds is 1. The van der Waals surface area contributed by atoms with E-state index in [9.17, 15) is 21.6 Å². The van der Waals surface area contributed by atoms with Crippen LogP contribution < -0.4 is 0 Å². The van der Waals surface area contributed by atoms with Gasteiger partial charge in [-0.1, -0.05) is 6.07 Å². The summed E-state index contributed by atoms with van der Waals surface area (Å²) in [6, 6.07) is 2.00. The van der Waals surface area contributed by atoms with Gasteiger partial charge in [-0.2, -0.15) is 21.6 Å². The van der Waals surface area contributed by atoms with Gasteiger partial charge < -0.3 is 0 Å². The predicted octanol–water partition coefficient (Wildman–Crippen LogP) is 2.57. The highest BCUT2D eigenvalue weighted by molar-refractivity contribution is 7.85. The van der Waals surface area contributed by atoms with Crippen molar-refractivity contribution in [1.82, 2.24) is 0 Å². The maximum atomic E-state index is 12.6. The molecule has 0 saturated heterocycles. The molecule has 1 aromatic rings. The fourth-order valence-electron chi connectivity index (χ4n) is 1.50. The van der Waals surface area contributed by atoms with Gasteiger partial charge in [0.1, 0.15) is 4.90 Å². The van der Waals surface area contributed by atoms with Crippen LogP contribution in [-0.4, -0.2) is 13.0 Å². The molecule has 0 atom stereocenters. The Bertz CT molecular complexity index is 518. The smallest absolute Gasteiger partial charge is 0.282 e. The van der Waals surface area contributed by atoms with E-state index >= 15 is 0 Å². The first-order valence-corrected chi connectivity index (χ1v) is 5.63. The Hall–Kier alpha value is -1.08. The van der Waals surface area contributed by atoms with E-state index in [2.05, 4.69) is 0 Å². The first kappa shape index (κ1) is 13.0. The van der Waals surface area contributed by atoms with Crippen LogP contribution in [0.1, 0.15) is 16.7 Å². The number of hydrogen-bond acceptors (Lipinski definition) is 2. The molecule has 3 nitrogen and oxygen atoms in total. The molecule has 0 unspecified atom stereocenters. The zero-order chi connectivity index (χ0) is 12.7. The molecule has 7 heteroatoms. The number of hydrogen-bond donors (Lipinski definition) is 1. The SMILES string of the molecule is Cc1cc(C)c(C(F)(F)F)c(S(=O)(=O)O)c1. The highest BCUT2D eigenvalue weighted by atomic mass is 32.2. The molecule has 0 aliphatic heterocycles. The maximum Gasteiger partial charge on any atom is 0.418 e. The van der Waals surface area contributed by atoms with Crippen LogP contribution in [0, 0.1) is 13.8 Å². The van der Waals surface area contributed by atoms with Crippen LogP contribution in [0.5, 0.6) is 0 Å². The molecule has 0 fully saturated rings. The van der Waals surface area contributed by atoms with E-state index in [-0.39, 0.29) is 5.56 Å². The Balaban J connectivity index is 3.72. The Morgan fingerprint density at radius 2 is 1.69 bits per heavy atom. The molecule has 0 saturated carbocycles. The molecule has 0 aliphatic carbocycles. The first-order valence-electron chi connectivity index (χ1n) is 4.19. The third kappa shape index (κ3) is 2.53. The Morgan fingerprint density at radius 3 is 2.06 bits per heavy atom. The summed E-state index contributed by atoms with van der Waals surface area (Å²) in [5.74, 6) is 0. The summed E-state index contributed by atoms with van der Waals surface area (Å²) < 4.78 is 68.3. The summed E-state index contributed by atoms with van der Waals surface area (Å²) in [7, 11) is -4.88. The largest absolute Gasteiger partial charge is 0.418 e. The van der Waals surface area contributed by atoms with Gasteiger partial charge in [0.15, 0.2) is 0 Å². The van der Waals surface area contributed by atoms with Crippen LogP contribution >= 0.6 is 0 Å². The molecular weight excluding hydrogens is 245 g/mol. The fourth-order valence-corrected chi connectivity index (χ4v) is 2.36. The lowest BCUT2D eigenvalue weighted by molar-refractivity contribution is -0.140. The highest BCUT2D eigenvalue weighted by Crippen LogP contribution is 2.37. The summed E-state index contributed by atoms with van der Waals surface area (Å²) in [6.07, 6.45) is -4.82. The van der Waals surface area contributed by atoms with Crippen LogP contribution in [-0.2, 0) is 16.3 Å². The van der Waals surface area contributed by atoms with E-state index in [0.29, 0.717) is 5.56 Å². The first-order chi connectivity index (χ1) is 7.03. The van der Waals surface area contributed by atoms with Crippen molar-refractivity contribution < 1.29 is 26.1 Å². The molecule has 1 rings (SSSR count). The molecule has 0 radical (unpaired) electrons. The zero-order valence-corrected chi connectivity index (χ0v) is 9.28. The second-order valence-corrected chi connectivity index (χ2v) is 4.82. The van der Waals surface area contributed by atoms with E-state index < -0.39 is 26.8 Å². The number of aryl methyl sites for hydroxylation is 2. The molecule has 0 aromatic heterocycles. The highest BCUT2D eigenvalue weighted by Gasteiger charge is 2.38. The monoisotopic (exact) mass is 254 g/mol. The summed E-state index contributed by atoms with van der Waals surface area (Å²) in [4.78, 5) is -1.10. The van der Waals surface area contributed by atoms with E-state index in [1.165, 1.54) is 13.0 Å². The van der Waals surface area contributed by atoms with Crippen LogP contribution in [0.4, 0.5) is 13.2 Å². The number of halogens is 3. The summed E-state index contributed by atoms with van der Waals surface area (Å²) in [5, 5.41) is 0. The average Bonchev–Trinajstić information content (AvgIpc) is 1.97. The van der Waals surface area contributed by atoms with Crippen molar-refractivity contribution in [3.63, 3.8) is 0 Å². The quantitative estimate of drug-likeness (QED) is 0.783. The van der Waals surface area contributed by atoms with Crippen LogP contribution in [0.15, 0.2) is 17.0 Å². The van der Waals surface area contributed by atoms with E-state index in [4.69, 9.17) is 4.55 Å². The Labute approximate surface area is 90.7 Å². The molecule has 1 aromatic carbocycles. The summed E-state index contributed by atoms with van der Waals surface area (Å²) in [5.41, 5.74) is -1.22. The Morgan fingerprint density at radius 1 is 1.19 bits per heavy atom. The van der Waals surface area contributed by atoms with Crippen LogP contribution in [0.2, 0.25) is 0 Å². The standard InChI is InChI=1S/C9H9F3O3S/c1-5-3-6(2)8(9(10,11)12)7(4-5)16(13,14)15/h3-4H,1-2H3,(H,13,14,15). The second-order valence-electron chi connectivity index (χ2n) is 3.43. The molecule has 0 heterocycles. The number of benzene rings is 1. The van der Waals surface area contributed by atoms with E-state index in [0.717, 1.165) is 13.0 Å². The lowest BCUT2D eigenvalue weighted by atomic mass is 10.1. The van der Waals surface area contributed by atoms with Crippen molar-refractivity contribution in [2.24, 2.45) is 0 Å². The van der Waals surface area contributed by atoms with Gasteiger partial charge in [0, 0.05) is 0 Å². The number of alkyl halides is 3. The van der Waals surface area contributed by atoms with Crippen molar-refractivity contribution in [2.75, 3.05) is 0 Å². The average molecular weight is 254 g/mol. The maximum absolute atomic E-state index is 12.6. The summed E-state index contributed by atoms with van der Waals surface area (Å²) >= 11 is 0. The van der Waals surface area contributed by atoms with Crippen molar-refractivity contribution in [1.29, 1.82) is 0 Å². The van der Waals surface area contributed by atoms with Crippen LogP contribution in [0.25, 0.3) is 0 Å². The molecule has 0 bridgehead atoms. The third-order valence-electron chi connectivity index (χ3n) is 2.01. The van der Waals surface area contributed by atoms with Crippen molar-refractivity contribution in [3.8, 4) is 0 Å². The lowest BCUT2D eigenvalue weighted by Gasteiger charge is -2.14. The molecule has 16 heavy (non-hydrogen) atoms. The van der Waals surface area contributed by atoms with E-state index in [1.807, 2.05) is 0 Å². The van der Waals surface area contributed by atoms with Crippen molar-refractivity contribution >= 4 is 10.1 Å². The second kappa shape index (κ2) is 3.74. The van der Waals surface area contributed by atoms with Gasteiger partial charge in [-0.05, 0) is 31.0 Å². The molecule has 1 N–H and O–H groups in total. The van der Waals surface area contributed by atoms with Gasteiger partial charge >= 0.3 is 6.18 Å². The zero-order valence-electron chi connectivity index (χ0n) is 8.46. The molecule has 0 spiro atoms. The topological polar surface area (TPSA) is 54.4 Å². The molecular formula is C9H9F3O3S. The minimum Gasteiger partial charge on any atom is -0.282 e. The normalized spacial score (nSPS) is 12.9.